The predicted molar refractivity (Wildman–Crippen MR) is 49.7 cm³/mol. The number of hydrogen-bond donors (Lipinski definition) is 1. The first-order valence-corrected chi connectivity index (χ1v) is 4.61. The van der Waals surface area contributed by atoms with Crippen molar-refractivity contribution < 1.29 is 22.7 Å². The lowest BCUT2D eigenvalue weighted by Crippen LogP contribution is -2.29. The summed E-state index contributed by atoms with van der Waals surface area (Å²) in [5.41, 5.74) is 0. The van der Waals surface area contributed by atoms with Gasteiger partial charge in [-0.3, -0.25) is 4.79 Å². The number of amides is 1. The maximum Gasteiger partial charge on any atom is 0.411 e. The van der Waals surface area contributed by atoms with Gasteiger partial charge in [0, 0.05) is 12.4 Å². The van der Waals surface area contributed by atoms with Gasteiger partial charge in [0.15, 0.2) is 0 Å². The van der Waals surface area contributed by atoms with E-state index in [1.165, 1.54) is 0 Å². The minimum absolute atomic E-state index is 0.223. The quantitative estimate of drug-likeness (QED) is 0.569. The van der Waals surface area contributed by atoms with Gasteiger partial charge in [-0.15, -0.1) is 11.6 Å². The van der Waals surface area contributed by atoms with Crippen LogP contribution >= 0.6 is 11.6 Å². The minimum atomic E-state index is -4.40. The summed E-state index contributed by atoms with van der Waals surface area (Å²) in [6, 6.07) is 0. The molecule has 0 aliphatic rings. The topological polar surface area (TPSA) is 38.3 Å². The lowest BCUT2D eigenvalue weighted by atomic mass is 10.5. The lowest BCUT2D eigenvalue weighted by molar-refractivity contribution is -0.175. The van der Waals surface area contributed by atoms with E-state index in [1.807, 2.05) is 0 Å². The number of ether oxygens (including phenoxy) is 1. The molecule has 0 saturated heterocycles. The van der Waals surface area contributed by atoms with Crippen LogP contribution in [0.2, 0.25) is 0 Å². The fraction of sp³-hybridized carbons (Fsp3) is 0.625. The lowest BCUT2D eigenvalue weighted by Gasteiger charge is -2.07. The van der Waals surface area contributed by atoms with Gasteiger partial charge in [0.25, 0.3) is 0 Å². The molecule has 0 atom stereocenters. The number of hydrogen-bond acceptors (Lipinski definition) is 2. The van der Waals surface area contributed by atoms with Crippen LogP contribution in [0.5, 0.6) is 0 Å². The summed E-state index contributed by atoms with van der Waals surface area (Å²) in [7, 11) is 0. The van der Waals surface area contributed by atoms with Gasteiger partial charge in [-0.1, -0.05) is 12.2 Å². The largest absolute Gasteiger partial charge is 0.411 e. The Kier molecular flexibility index (Phi) is 7.15. The van der Waals surface area contributed by atoms with Crippen molar-refractivity contribution in [2.75, 3.05) is 25.6 Å². The van der Waals surface area contributed by atoms with Crippen LogP contribution in [0.4, 0.5) is 13.2 Å². The van der Waals surface area contributed by atoms with Gasteiger partial charge in [0.05, 0.1) is 0 Å². The Morgan fingerprint density at radius 2 is 2.07 bits per heavy atom. The second kappa shape index (κ2) is 7.53. The van der Waals surface area contributed by atoms with E-state index in [0.717, 1.165) is 0 Å². The zero-order valence-electron chi connectivity index (χ0n) is 7.81. The molecular weight excluding hydrogens is 235 g/mol. The first-order valence-electron chi connectivity index (χ1n) is 4.08. The van der Waals surface area contributed by atoms with E-state index < -0.39 is 25.3 Å². The zero-order valence-corrected chi connectivity index (χ0v) is 8.57. The molecule has 15 heavy (non-hydrogen) atoms. The zero-order chi connectivity index (χ0) is 11.7. The second-order valence-electron chi connectivity index (χ2n) is 2.54. The van der Waals surface area contributed by atoms with Crippen molar-refractivity contribution in [3.8, 4) is 0 Å². The predicted octanol–water partition coefficient (Wildman–Crippen LogP) is 1.48. The molecule has 0 bridgehead atoms. The number of nitrogens with one attached hydrogen (secondary N) is 1. The molecule has 7 heteroatoms. The Labute approximate surface area is 90.2 Å². The molecule has 0 spiro atoms. The molecule has 3 nitrogen and oxygen atoms in total. The molecule has 0 rings (SSSR count). The molecule has 0 aromatic rings. The van der Waals surface area contributed by atoms with E-state index in [9.17, 15) is 18.0 Å². The number of alkyl halides is 4. The van der Waals surface area contributed by atoms with E-state index in [2.05, 4.69) is 10.1 Å². The maximum atomic E-state index is 11.6. The fourth-order valence-electron chi connectivity index (χ4n) is 0.630. The van der Waals surface area contributed by atoms with E-state index in [4.69, 9.17) is 11.6 Å². The summed E-state index contributed by atoms with van der Waals surface area (Å²) in [6.45, 7) is -1.80. The van der Waals surface area contributed by atoms with Crippen LogP contribution in [0.3, 0.4) is 0 Å². The average molecular weight is 246 g/mol. The molecule has 88 valence electrons. The summed E-state index contributed by atoms with van der Waals surface area (Å²) < 4.78 is 38.9. The van der Waals surface area contributed by atoms with Crippen molar-refractivity contribution in [3.63, 3.8) is 0 Å². The minimum Gasteiger partial charge on any atom is -0.362 e. The first kappa shape index (κ1) is 14.2. The number of carbonyl (C=O) groups is 1. The van der Waals surface area contributed by atoms with Crippen LogP contribution in [0.15, 0.2) is 12.2 Å². The highest BCUT2D eigenvalue weighted by molar-refractivity contribution is 6.18. The third-order valence-electron chi connectivity index (χ3n) is 1.17. The van der Waals surface area contributed by atoms with Gasteiger partial charge in [0.2, 0.25) is 5.91 Å². The van der Waals surface area contributed by atoms with Crippen LogP contribution in [-0.2, 0) is 9.53 Å². The Bertz CT molecular complexity index is 218. The van der Waals surface area contributed by atoms with Crippen LogP contribution < -0.4 is 5.32 Å². The van der Waals surface area contributed by atoms with Crippen LogP contribution in [0, 0.1) is 0 Å². The normalized spacial score (nSPS) is 12.0. The van der Waals surface area contributed by atoms with Crippen molar-refractivity contribution in [3.05, 3.63) is 12.2 Å². The third kappa shape index (κ3) is 11.2. The average Bonchev–Trinajstić information content (AvgIpc) is 2.10. The van der Waals surface area contributed by atoms with E-state index in [0.29, 0.717) is 5.88 Å². The monoisotopic (exact) mass is 245 g/mol. The van der Waals surface area contributed by atoms with E-state index in [-0.39, 0.29) is 6.54 Å². The van der Waals surface area contributed by atoms with E-state index in [1.54, 1.807) is 12.2 Å². The molecule has 0 aliphatic heterocycles. The van der Waals surface area contributed by atoms with E-state index >= 15 is 0 Å². The van der Waals surface area contributed by atoms with Crippen molar-refractivity contribution in [2.24, 2.45) is 0 Å². The van der Waals surface area contributed by atoms with Gasteiger partial charge in [-0.2, -0.15) is 13.2 Å². The molecule has 0 heterocycles. The smallest absolute Gasteiger partial charge is 0.362 e. The first-order chi connectivity index (χ1) is 6.95. The number of carbonyl (C=O) groups excluding carboxylic acids is 1. The van der Waals surface area contributed by atoms with Gasteiger partial charge in [0.1, 0.15) is 13.2 Å². The highest BCUT2D eigenvalue weighted by Crippen LogP contribution is 2.13. The molecule has 0 aromatic carbocycles. The Hall–Kier alpha value is -0.750. The highest BCUT2D eigenvalue weighted by atomic mass is 35.5. The second-order valence-corrected chi connectivity index (χ2v) is 2.85. The summed E-state index contributed by atoms with van der Waals surface area (Å²) in [6.07, 6.45) is -1.20. The molecule has 1 N–H and O–H groups in total. The molecule has 0 fully saturated rings. The molecule has 1 amide bonds. The number of halogens is 4. The van der Waals surface area contributed by atoms with Crippen LogP contribution in [-0.4, -0.2) is 37.7 Å². The maximum absolute atomic E-state index is 11.6. The Morgan fingerprint density at radius 1 is 1.40 bits per heavy atom. The van der Waals surface area contributed by atoms with Gasteiger partial charge in [-0.05, 0) is 0 Å². The Morgan fingerprint density at radius 3 is 2.60 bits per heavy atom. The van der Waals surface area contributed by atoms with Crippen molar-refractivity contribution in [2.45, 2.75) is 6.18 Å². The third-order valence-corrected chi connectivity index (χ3v) is 1.35. The summed E-state index contributed by atoms with van der Waals surface area (Å²) >= 11 is 5.30. The SMILES string of the molecule is O=C(COCC(F)(F)F)NC/C=C/CCl. The van der Waals surface area contributed by atoms with Crippen LogP contribution in [0.25, 0.3) is 0 Å². The fourth-order valence-corrected chi connectivity index (χ4v) is 0.756. The molecular formula is C8H11ClF3NO2. The molecule has 0 unspecified atom stereocenters. The molecule has 0 aliphatic carbocycles. The van der Waals surface area contributed by atoms with Crippen molar-refractivity contribution in [1.29, 1.82) is 0 Å². The summed E-state index contributed by atoms with van der Waals surface area (Å²) in [4.78, 5) is 10.8. The highest BCUT2D eigenvalue weighted by Gasteiger charge is 2.27. The molecule has 0 saturated carbocycles. The molecule has 0 radical (unpaired) electrons. The van der Waals surface area contributed by atoms with Crippen molar-refractivity contribution >= 4 is 17.5 Å². The van der Waals surface area contributed by atoms with Gasteiger partial charge < -0.3 is 10.1 Å². The Balaban J connectivity index is 3.46. The van der Waals surface area contributed by atoms with Crippen LogP contribution in [0.1, 0.15) is 0 Å². The number of rotatable bonds is 6. The summed E-state index contributed by atoms with van der Waals surface area (Å²) in [5.74, 6) is -0.279. The molecule has 0 aromatic heterocycles. The summed E-state index contributed by atoms with van der Waals surface area (Å²) in [5, 5.41) is 2.33. The van der Waals surface area contributed by atoms with Gasteiger partial charge in [-0.25, -0.2) is 0 Å². The van der Waals surface area contributed by atoms with Gasteiger partial charge >= 0.3 is 6.18 Å². The standard InChI is InChI=1S/C8H11ClF3NO2/c9-3-1-2-4-13-7(14)5-15-6-8(10,11)12/h1-2H,3-6H2,(H,13,14)/b2-1+. The van der Waals surface area contributed by atoms with Crippen molar-refractivity contribution in [1.82, 2.24) is 5.32 Å². The number of allylic oxidation sites excluding steroid dienone is 1.